The van der Waals surface area contributed by atoms with E-state index >= 15 is 0 Å². The number of benzene rings is 2. The maximum Gasteiger partial charge on any atom is 0.237 e. The Kier molecular flexibility index (Phi) is 2.68. The fourth-order valence-corrected chi connectivity index (χ4v) is 3.89. The molecule has 2 heterocycles. The third kappa shape index (κ3) is 1.75. The SMILES string of the molecule is CC1(Cc2ccccc2)C(=O)N2CCCc3cccc1c32. The first-order valence-corrected chi connectivity index (χ1v) is 7.68. The number of carbonyl (C=O) groups excluding carboxylic acids is 1. The van der Waals surface area contributed by atoms with Crippen LogP contribution in [0.25, 0.3) is 0 Å². The van der Waals surface area contributed by atoms with Gasteiger partial charge in [-0.3, -0.25) is 4.79 Å². The van der Waals surface area contributed by atoms with Gasteiger partial charge >= 0.3 is 0 Å². The first-order chi connectivity index (χ1) is 10.2. The number of aryl methyl sites for hydroxylation is 1. The first kappa shape index (κ1) is 12.6. The third-order valence-corrected chi connectivity index (χ3v) is 4.93. The molecular weight excluding hydrogens is 258 g/mol. The molecule has 106 valence electrons. The molecule has 0 N–H and O–H groups in total. The zero-order valence-corrected chi connectivity index (χ0v) is 12.3. The Labute approximate surface area is 125 Å². The second kappa shape index (κ2) is 4.45. The Balaban J connectivity index is 1.84. The van der Waals surface area contributed by atoms with Crippen molar-refractivity contribution in [2.75, 3.05) is 11.4 Å². The lowest BCUT2D eigenvalue weighted by Crippen LogP contribution is -2.41. The quantitative estimate of drug-likeness (QED) is 0.823. The smallest absolute Gasteiger partial charge is 0.237 e. The van der Waals surface area contributed by atoms with Crippen LogP contribution in [0.3, 0.4) is 0 Å². The van der Waals surface area contributed by atoms with Crippen LogP contribution < -0.4 is 4.90 Å². The molecule has 21 heavy (non-hydrogen) atoms. The van der Waals surface area contributed by atoms with Gasteiger partial charge in [0.05, 0.1) is 11.1 Å². The molecule has 0 radical (unpaired) electrons. The highest BCUT2D eigenvalue weighted by molar-refractivity contribution is 6.09. The number of hydrogen-bond acceptors (Lipinski definition) is 1. The summed E-state index contributed by atoms with van der Waals surface area (Å²) in [7, 11) is 0. The lowest BCUT2D eigenvalue weighted by Gasteiger charge is -2.26. The molecule has 4 rings (SSSR count). The van der Waals surface area contributed by atoms with Crippen LogP contribution >= 0.6 is 0 Å². The van der Waals surface area contributed by atoms with E-state index in [9.17, 15) is 4.79 Å². The molecule has 2 aliphatic rings. The molecule has 1 unspecified atom stereocenters. The summed E-state index contributed by atoms with van der Waals surface area (Å²) in [5.41, 5.74) is 4.56. The molecule has 0 saturated heterocycles. The van der Waals surface area contributed by atoms with Crippen LogP contribution in [0.4, 0.5) is 5.69 Å². The van der Waals surface area contributed by atoms with Gasteiger partial charge in [0.1, 0.15) is 0 Å². The third-order valence-electron chi connectivity index (χ3n) is 4.93. The van der Waals surface area contributed by atoms with Crippen molar-refractivity contribution in [1.29, 1.82) is 0 Å². The summed E-state index contributed by atoms with van der Waals surface area (Å²) in [5.74, 6) is 0.272. The highest BCUT2D eigenvalue weighted by Gasteiger charge is 2.48. The molecule has 0 aliphatic carbocycles. The van der Waals surface area contributed by atoms with Crippen molar-refractivity contribution in [1.82, 2.24) is 0 Å². The summed E-state index contributed by atoms with van der Waals surface area (Å²) < 4.78 is 0. The Morgan fingerprint density at radius 2 is 1.90 bits per heavy atom. The zero-order chi connectivity index (χ0) is 14.4. The molecule has 0 aromatic heterocycles. The van der Waals surface area contributed by atoms with Crippen LogP contribution in [0, 0.1) is 0 Å². The number of para-hydroxylation sites is 1. The van der Waals surface area contributed by atoms with E-state index in [0.717, 1.165) is 25.8 Å². The summed E-state index contributed by atoms with van der Waals surface area (Å²) >= 11 is 0. The normalized spacial score (nSPS) is 23.3. The summed E-state index contributed by atoms with van der Waals surface area (Å²) in [6, 6.07) is 16.8. The Morgan fingerprint density at radius 3 is 2.71 bits per heavy atom. The van der Waals surface area contributed by atoms with Crippen molar-refractivity contribution >= 4 is 11.6 Å². The monoisotopic (exact) mass is 277 g/mol. The minimum absolute atomic E-state index is 0.272. The van der Waals surface area contributed by atoms with Gasteiger partial charge in [-0.25, -0.2) is 0 Å². The maximum absolute atomic E-state index is 13.0. The molecule has 1 atom stereocenters. The summed E-state index contributed by atoms with van der Waals surface area (Å²) in [5, 5.41) is 0. The number of nitrogens with zero attached hydrogens (tertiary/aromatic N) is 1. The largest absolute Gasteiger partial charge is 0.311 e. The van der Waals surface area contributed by atoms with E-state index in [0.29, 0.717) is 0 Å². The Hall–Kier alpha value is -2.09. The lowest BCUT2D eigenvalue weighted by atomic mass is 9.78. The molecule has 0 fully saturated rings. The van der Waals surface area contributed by atoms with Crippen LogP contribution in [0.5, 0.6) is 0 Å². The summed E-state index contributed by atoms with van der Waals surface area (Å²) in [6.07, 6.45) is 2.94. The summed E-state index contributed by atoms with van der Waals surface area (Å²) in [4.78, 5) is 15.1. The van der Waals surface area contributed by atoms with Crippen molar-refractivity contribution in [2.24, 2.45) is 0 Å². The van der Waals surface area contributed by atoms with Crippen LogP contribution in [0.15, 0.2) is 48.5 Å². The van der Waals surface area contributed by atoms with Gasteiger partial charge in [0.15, 0.2) is 0 Å². The van der Waals surface area contributed by atoms with Crippen molar-refractivity contribution in [2.45, 2.75) is 31.6 Å². The maximum atomic E-state index is 13.0. The minimum atomic E-state index is -0.420. The van der Waals surface area contributed by atoms with Crippen molar-refractivity contribution in [3.8, 4) is 0 Å². The number of carbonyl (C=O) groups is 1. The van der Waals surface area contributed by atoms with E-state index in [2.05, 4.69) is 37.3 Å². The molecule has 0 bridgehead atoms. The lowest BCUT2D eigenvalue weighted by molar-refractivity contribution is -0.122. The predicted molar refractivity (Wildman–Crippen MR) is 84.6 cm³/mol. The average molecular weight is 277 g/mol. The second-order valence-electron chi connectivity index (χ2n) is 6.37. The van der Waals surface area contributed by atoms with Crippen molar-refractivity contribution < 1.29 is 4.79 Å². The van der Waals surface area contributed by atoms with Gasteiger partial charge in [-0.2, -0.15) is 0 Å². The zero-order valence-electron chi connectivity index (χ0n) is 12.3. The Bertz CT molecular complexity index is 707. The van der Waals surface area contributed by atoms with Crippen LogP contribution in [0.2, 0.25) is 0 Å². The summed E-state index contributed by atoms with van der Waals surface area (Å²) in [6.45, 7) is 2.98. The molecular formula is C19H19NO. The topological polar surface area (TPSA) is 20.3 Å². The van der Waals surface area contributed by atoms with E-state index in [1.54, 1.807) is 0 Å². The van der Waals surface area contributed by atoms with Gasteiger partial charge in [-0.1, -0.05) is 48.5 Å². The first-order valence-electron chi connectivity index (χ1n) is 7.68. The van der Waals surface area contributed by atoms with Crippen LogP contribution in [-0.2, 0) is 23.1 Å². The second-order valence-corrected chi connectivity index (χ2v) is 6.37. The molecule has 2 aromatic carbocycles. The van der Waals surface area contributed by atoms with Gasteiger partial charge in [0.25, 0.3) is 0 Å². The number of anilines is 1. The fourth-order valence-electron chi connectivity index (χ4n) is 3.89. The standard InChI is InChI=1S/C19H19NO/c1-19(13-14-7-3-2-4-8-14)16-11-5-9-15-10-6-12-20(17(15)16)18(19)21/h2-5,7-9,11H,6,10,12-13H2,1H3. The number of rotatable bonds is 2. The van der Waals surface area contributed by atoms with E-state index in [-0.39, 0.29) is 5.91 Å². The van der Waals surface area contributed by atoms with Crippen molar-refractivity contribution in [3.05, 3.63) is 65.2 Å². The fraction of sp³-hybridized carbons (Fsp3) is 0.316. The van der Waals surface area contributed by atoms with Crippen molar-refractivity contribution in [3.63, 3.8) is 0 Å². The van der Waals surface area contributed by atoms with E-state index in [1.807, 2.05) is 23.1 Å². The molecule has 2 aromatic rings. The number of amides is 1. The van der Waals surface area contributed by atoms with Crippen LogP contribution in [-0.4, -0.2) is 12.5 Å². The van der Waals surface area contributed by atoms with Crippen LogP contribution in [0.1, 0.15) is 30.0 Å². The van der Waals surface area contributed by atoms with E-state index in [1.165, 1.54) is 22.4 Å². The van der Waals surface area contributed by atoms with E-state index < -0.39 is 5.41 Å². The van der Waals surface area contributed by atoms with Gasteiger partial charge in [-0.05, 0) is 42.9 Å². The predicted octanol–water partition coefficient (Wildman–Crippen LogP) is 3.48. The molecule has 0 spiro atoms. The Morgan fingerprint density at radius 1 is 1.10 bits per heavy atom. The van der Waals surface area contributed by atoms with Gasteiger partial charge < -0.3 is 4.90 Å². The van der Waals surface area contributed by atoms with Gasteiger partial charge in [-0.15, -0.1) is 0 Å². The van der Waals surface area contributed by atoms with Gasteiger partial charge in [0, 0.05) is 6.54 Å². The number of hydrogen-bond donors (Lipinski definition) is 0. The molecule has 2 nitrogen and oxygen atoms in total. The highest BCUT2D eigenvalue weighted by Crippen LogP contribution is 2.47. The average Bonchev–Trinajstić information content (AvgIpc) is 2.73. The highest BCUT2D eigenvalue weighted by atomic mass is 16.2. The molecule has 1 amide bonds. The molecule has 0 saturated carbocycles. The van der Waals surface area contributed by atoms with Gasteiger partial charge in [0.2, 0.25) is 5.91 Å². The minimum Gasteiger partial charge on any atom is -0.311 e. The molecule has 2 heteroatoms. The van der Waals surface area contributed by atoms with E-state index in [4.69, 9.17) is 0 Å². The molecule has 2 aliphatic heterocycles.